The van der Waals surface area contributed by atoms with Crippen LogP contribution in [0.25, 0.3) is 0 Å². The Labute approximate surface area is 166 Å². The van der Waals surface area contributed by atoms with Crippen LogP contribution < -0.4 is 28.4 Å². The Morgan fingerprint density at radius 3 is 2.52 bits per heavy atom. The standard InChI is InChI=1S/C21H18N3O5/c25-21(15-3-5-17-19(9-15)29-13-27-17)11-23-7-1-6-22-20(23)24(21)10-14-2-4-16-18(8-14)28-12-26-16/h1-9,25H,10-13H2/q+1/t21-/m1/s1. The van der Waals surface area contributed by atoms with Crippen molar-refractivity contribution in [1.82, 2.24) is 4.98 Å². The van der Waals surface area contributed by atoms with Crippen LogP contribution in [0.1, 0.15) is 11.1 Å². The molecule has 4 heterocycles. The topological polar surface area (TPSA) is 77.2 Å². The Kier molecular flexibility index (Phi) is 3.39. The summed E-state index contributed by atoms with van der Waals surface area (Å²) in [6.07, 6.45) is 3.64. The van der Waals surface area contributed by atoms with Crippen molar-refractivity contribution in [1.29, 1.82) is 0 Å². The van der Waals surface area contributed by atoms with Gasteiger partial charge in [0.2, 0.25) is 19.3 Å². The van der Waals surface area contributed by atoms with Gasteiger partial charge in [-0.2, -0.15) is 0 Å². The van der Waals surface area contributed by atoms with Crippen LogP contribution in [0.2, 0.25) is 0 Å². The largest absolute Gasteiger partial charge is 0.454 e. The van der Waals surface area contributed by atoms with Crippen molar-refractivity contribution < 1.29 is 28.6 Å². The van der Waals surface area contributed by atoms with Crippen LogP contribution in [-0.4, -0.2) is 23.7 Å². The number of hydrogen-bond acceptors (Lipinski definition) is 7. The van der Waals surface area contributed by atoms with Crippen LogP contribution in [0.3, 0.4) is 0 Å². The lowest BCUT2D eigenvalue weighted by atomic mass is 10.0. The third kappa shape index (κ3) is 2.49. The van der Waals surface area contributed by atoms with Gasteiger partial charge in [-0.1, -0.05) is 11.1 Å². The Morgan fingerprint density at radius 1 is 0.966 bits per heavy atom. The second-order valence-corrected chi connectivity index (χ2v) is 7.21. The molecule has 3 aliphatic rings. The first-order chi connectivity index (χ1) is 14.2. The predicted octanol–water partition coefficient (Wildman–Crippen LogP) is 1.69. The van der Waals surface area contributed by atoms with Crippen LogP contribution in [0.4, 0.5) is 5.95 Å². The molecule has 8 heteroatoms. The fourth-order valence-corrected chi connectivity index (χ4v) is 4.05. The fraction of sp³-hybridized carbons (Fsp3) is 0.238. The number of anilines is 1. The van der Waals surface area contributed by atoms with Crippen LogP contribution in [0.15, 0.2) is 54.9 Å². The summed E-state index contributed by atoms with van der Waals surface area (Å²) in [5.41, 5.74) is 0.402. The third-order valence-corrected chi connectivity index (χ3v) is 5.49. The summed E-state index contributed by atoms with van der Waals surface area (Å²) in [6.45, 7) is 1.21. The molecule has 0 aliphatic carbocycles. The molecule has 1 atom stereocenters. The molecule has 0 saturated heterocycles. The minimum Gasteiger partial charge on any atom is -0.454 e. The molecule has 0 fully saturated rings. The number of nitrogens with zero attached hydrogens (tertiary/aromatic N) is 3. The maximum atomic E-state index is 11.8. The third-order valence-electron chi connectivity index (χ3n) is 5.49. The summed E-state index contributed by atoms with van der Waals surface area (Å²) >= 11 is 0. The molecule has 3 aromatic rings. The van der Waals surface area contributed by atoms with Crippen LogP contribution in [0, 0.1) is 0 Å². The summed E-state index contributed by atoms with van der Waals surface area (Å²) < 4.78 is 23.8. The van der Waals surface area contributed by atoms with Crippen molar-refractivity contribution >= 4 is 5.95 Å². The smallest absolute Gasteiger partial charge is 0.397 e. The molecular weight excluding hydrogens is 374 g/mol. The number of benzene rings is 2. The van der Waals surface area contributed by atoms with E-state index in [1.807, 2.05) is 58.1 Å². The average Bonchev–Trinajstić information content (AvgIpc) is 3.45. The maximum absolute atomic E-state index is 11.8. The monoisotopic (exact) mass is 392 g/mol. The Balaban J connectivity index is 1.42. The predicted molar refractivity (Wildman–Crippen MR) is 99.6 cm³/mol. The number of rotatable bonds is 3. The first-order valence-electron chi connectivity index (χ1n) is 9.34. The average molecular weight is 392 g/mol. The first kappa shape index (κ1) is 16.4. The van der Waals surface area contributed by atoms with E-state index in [0.717, 1.165) is 11.3 Å². The van der Waals surface area contributed by atoms with Crippen molar-refractivity contribution in [3.8, 4) is 23.0 Å². The molecule has 6 rings (SSSR count). The van der Waals surface area contributed by atoms with Crippen LogP contribution in [0.5, 0.6) is 23.0 Å². The van der Waals surface area contributed by atoms with E-state index in [9.17, 15) is 5.11 Å². The molecule has 0 unspecified atom stereocenters. The van der Waals surface area contributed by atoms with Gasteiger partial charge in [-0.05, 0) is 35.9 Å². The molecule has 1 N–H and O–H groups in total. The Morgan fingerprint density at radius 2 is 1.69 bits per heavy atom. The number of aliphatic hydroxyl groups is 1. The zero-order chi connectivity index (χ0) is 19.4. The molecular formula is C21H18N3O5+. The number of hydrogen-bond donors (Lipinski definition) is 1. The van der Waals surface area contributed by atoms with Gasteiger partial charge in [-0.15, -0.1) is 0 Å². The highest BCUT2D eigenvalue weighted by Crippen LogP contribution is 2.41. The van der Waals surface area contributed by atoms with Gasteiger partial charge in [0.05, 0.1) is 12.7 Å². The molecule has 0 spiro atoms. The lowest BCUT2D eigenvalue weighted by Crippen LogP contribution is -2.45. The molecule has 2 aromatic carbocycles. The van der Waals surface area contributed by atoms with Crippen molar-refractivity contribution in [2.24, 2.45) is 0 Å². The van der Waals surface area contributed by atoms with Gasteiger partial charge in [-0.25, -0.2) is 9.47 Å². The van der Waals surface area contributed by atoms with E-state index in [-0.39, 0.29) is 13.6 Å². The van der Waals surface area contributed by atoms with Gasteiger partial charge in [0.25, 0.3) is 0 Å². The molecule has 0 bridgehead atoms. The van der Waals surface area contributed by atoms with Gasteiger partial charge in [0.1, 0.15) is 12.7 Å². The summed E-state index contributed by atoms with van der Waals surface area (Å²) in [6, 6.07) is 13.2. The van der Waals surface area contributed by atoms with Crippen LogP contribution >= 0.6 is 0 Å². The molecule has 0 amide bonds. The summed E-state index contributed by atoms with van der Waals surface area (Å²) in [7, 11) is 0. The van der Waals surface area contributed by atoms with E-state index in [1.165, 1.54) is 0 Å². The van der Waals surface area contributed by atoms with Gasteiger partial charge in [0, 0.05) is 11.6 Å². The van der Waals surface area contributed by atoms with Gasteiger partial charge in [-0.3, -0.25) is 0 Å². The van der Waals surface area contributed by atoms with Gasteiger partial charge < -0.3 is 24.1 Å². The quantitative estimate of drug-likeness (QED) is 0.680. The first-order valence-corrected chi connectivity index (χ1v) is 9.34. The maximum Gasteiger partial charge on any atom is 0.397 e. The van der Waals surface area contributed by atoms with Crippen molar-refractivity contribution in [2.75, 3.05) is 18.5 Å². The second kappa shape index (κ2) is 5.99. The highest BCUT2D eigenvalue weighted by Gasteiger charge is 2.52. The second-order valence-electron chi connectivity index (χ2n) is 7.21. The Bertz CT molecular complexity index is 1120. The summed E-state index contributed by atoms with van der Waals surface area (Å²) in [4.78, 5) is 6.41. The zero-order valence-electron chi connectivity index (χ0n) is 15.4. The number of fused-ring (bicyclic) bond motifs is 3. The van der Waals surface area contributed by atoms with Crippen LogP contribution in [-0.2, 0) is 18.8 Å². The zero-order valence-corrected chi connectivity index (χ0v) is 15.4. The van der Waals surface area contributed by atoms with E-state index in [2.05, 4.69) is 4.98 Å². The minimum absolute atomic E-state index is 0.189. The van der Waals surface area contributed by atoms with E-state index in [1.54, 1.807) is 6.20 Å². The highest BCUT2D eigenvalue weighted by atomic mass is 16.7. The summed E-state index contributed by atoms with van der Waals surface area (Å²) in [5.74, 6) is 3.44. The van der Waals surface area contributed by atoms with Gasteiger partial charge >= 0.3 is 5.95 Å². The molecule has 3 aliphatic heterocycles. The van der Waals surface area contributed by atoms with E-state index < -0.39 is 5.72 Å². The SMILES string of the molecule is O[C@@]1(c2ccc3c(c2)OCO3)C[n+]2cccnc2N1Cc1ccc2c(c1)OCO2. The van der Waals surface area contributed by atoms with Crippen molar-refractivity contribution in [3.63, 3.8) is 0 Å². The van der Waals surface area contributed by atoms with Gasteiger partial charge in [0.15, 0.2) is 23.0 Å². The lowest BCUT2D eigenvalue weighted by molar-refractivity contribution is -0.685. The lowest BCUT2D eigenvalue weighted by Gasteiger charge is -2.28. The Hall–Kier alpha value is -3.52. The normalized spacial score (nSPS) is 20.8. The van der Waals surface area contributed by atoms with E-state index in [4.69, 9.17) is 18.9 Å². The van der Waals surface area contributed by atoms with Crippen molar-refractivity contribution in [2.45, 2.75) is 18.8 Å². The van der Waals surface area contributed by atoms with Crippen molar-refractivity contribution in [3.05, 3.63) is 66.0 Å². The number of aromatic nitrogens is 2. The molecule has 146 valence electrons. The number of ether oxygens (including phenoxy) is 4. The highest BCUT2D eigenvalue weighted by molar-refractivity contribution is 5.50. The molecule has 1 aromatic heterocycles. The summed E-state index contributed by atoms with van der Waals surface area (Å²) in [5, 5.41) is 11.8. The molecule has 0 radical (unpaired) electrons. The van der Waals surface area contributed by atoms with E-state index >= 15 is 0 Å². The fourth-order valence-electron chi connectivity index (χ4n) is 4.05. The molecule has 29 heavy (non-hydrogen) atoms. The van der Waals surface area contributed by atoms with E-state index in [0.29, 0.717) is 41.8 Å². The molecule has 8 nitrogen and oxygen atoms in total. The molecule has 0 saturated carbocycles. The minimum atomic E-state index is -1.29.